The van der Waals surface area contributed by atoms with Crippen molar-refractivity contribution in [2.75, 3.05) is 20.3 Å². The standard InChI is InChI=1S/C21H20ClN5O3S2/c1-13-5-6-14(22)10-16(13)27-19(17-4-3-8-30-17)25-26-21(27)32-12-18-24-15(11-31-18)20(28)23-7-9-29-2/h3-6,8,10-11H,7,9,12H2,1-2H3,(H,23,28). The summed E-state index contributed by atoms with van der Waals surface area (Å²) < 4.78 is 12.4. The van der Waals surface area contributed by atoms with Gasteiger partial charge >= 0.3 is 0 Å². The molecule has 0 unspecified atom stereocenters. The number of carbonyl (C=O) groups excluding carboxylic acids is 1. The SMILES string of the molecule is COCCNC(=O)c1csc(CSc2nnc(-c3ccco3)n2-c2cc(Cl)ccc2C)n1. The van der Waals surface area contributed by atoms with Crippen molar-refractivity contribution >= 4 is 40.6 Å². The third-order valence-electron chi connectivity index (χ3n) is 4.49. The number of hydrogen-bond donors (Lipinski definition) is 1. The van der Waals surface area contributed by atoms with E-state index in [2.05, 4.69) is 20.5 Å². The molecule has 3 heterocycles. The Morgan fingerprint density at radius 1 is 1.34 bits per heavy atom. The second-order valence-corrected chi connectivity index (χ2v) is 9.04. The van der Waals surface area contributed by atoms with E-state index in [4.69, 9.17) is 20.8 Å². The number of benzene rings is 1. The van der Waals surface area contributed by atoms with Gasteiger partial charge in [0.1, 0.15) is 10.7 Å². The van der Waals surface area contributed by atoms with E-state index in [1.165, 1.54) is 23.1 Å². The first-order valence-electron chi connectivity index (χ1n) is 9.67. The molecule has 4 rings (SSSR count). The van der Waals surface area contributed by atoms with Gasteiger partial charge in [0.05, 0.1) is 24.3 Å². The number of ether oxygens (including phenoxy) is 1. The van der Waals surface area contributed by atoms with Gasteiger partial charge in [-0.25, -0.2) is 4.98 Å². The Morgan fingerprint density at radius 2 is 2.22 bits per heavy atom. The minimum atomic E-state index is -0.215. The molecule has 0 fully saturated rings. The molecular formula is C21H20ClN5O3S2. The Bertz CT molecular complexity index is 1210. The second-order valence-electron chi connectivity index (χ2n) is 6.71. The smallest absolute Gasteiger partial charge is 0.270 e. The molecule has 0 aliphatic rings. The van der Waals surface area contributed by atoms with E-state index in [0.717, 1.165) is 16.3 Å². The van der Waals surface area contributed by atoms with Gasteiger partial charge in [-0.15, -0.1) is 21.5 Å². The van der Waals surface area contributed by atoms with E-state index in [0.29, 0.717) is 46.4 Å². The highest BCUT2D eigenvalue weighted by Crippen LogP contribution is 2.32. The van der Waals surface area contributed by atoms with Crippen molar-refractivity contribution in [1.29, 1.82) is 0 Å². The van der Waals surface area contributed by atoms with Crippen LogP contribution in [0.25, 0.3) is 17.3 Å². The second kappa shape index (κ2) is 10.3. The van der Waals surface area contributed by atoms with E-state index in [-0.39, 0.29) is 5.91 Å². The lowest BCUT2D eigenvalue weighted by atomic mass is 10.2. The summed E-state index contributed by atoms with van der Waals surface area (Å²) in [4.78, 5) is 16.6. The number of aromatic nitrogens is 4. The minimum absolute atomic E-state index is 0.215. The topological polar surface area (TPSA) is 95.1 Å². The number of thioether (sulfide) groups is 1. The molecular weight excluding hydrogens is 470 g/mol. The Hall–Kier alpha value is -2.66. The lowest BCUT2D eigenvalue weighted by Crippen LogP contribution is -2.27. The van der Waals surface area contributed by atoms with E-state index >= 15 is 0 Å². The Balaban J connectivity index is 1.57. The highest BCUT2D eigenvalue weighted by atomic mass is 35.5. The van der Waals surface area contributed by atoms with Gasteiger partial charge in [-0.1, -0.05) is 29.4 Å². The van der Waals surface area contributed by atoms with Crippen LogP contribution in [-0.2, 0) is 10.5 Å². The molecule has 0 atom stereocenters. The highest BCUT2D eigenvalue weighted by Gasteiger charge is 2.20. The molecule has 8 nitrogen and oxygen atoms in total. The van der Waals surface area contributed by atoms with Gasteiger partial charge in [0, 0.05) is 24.1 Å². The van der Waals surface area contributed by atoms with Crippen LogP contribution in [0.5, 0.6) is 0 Å². The summed E-state index contributed by atoms with van der Waals surface area (Å²) in [5.41, 5.74) is 2.28. The lowest BCUT2D eigenvalue weighted by molar-refractivity contribution is 0.0932. The molecule has 3 aromatic heterocycles. The van der Waals surface area contributed by atoms with Gasteiger partial charge in [-0.3, -0.25) is 9.36 Å². The molecule has 1 N–H and O–H groups in total. The predicted octanol–water partition coefficient (Wildman–Crippen LogP) is 4.61. The molecule has 0 bridgehead atoms. The van der Waals surface area contributed by atoms with Gasteiger partial charge in [-0.2, -0.15) is 0 Å². The molecule has 0 saturated heterocycles. The fraction of sp³-hybridized carbons (Fsp3) is 0.238. The molecule has 0 aliphatic carbocycles. The van der Waals surface area contributed by atoms with Crippen molar-refractivity contribution in [2.24, 2.45) is 0 Å². The summed E-state index contributed by atoms with van der Waals surface area (Å²) in [6.07, 6.45) is 1.60. The van der Waals surface area contributed by atoms with Crippen LogP contribution in [0, 0.1) is 6.92 Å². The summed E-state index contributed by atoms with van der Waals surface area (Å²) in [5.74, 6) is 1.51. The number of halogens is 1. The molecule has 166 valence electrons. The average Bonchev–Trinajstić information content (AvgIpc) is 3.54. The maximum Gasteiger partial charge on any atom is 0.270 e. The number of furan rings is 1. The molecule has 11 heteroatoms. The zero-order valence-corrected chi connectivity index (χ0v) is 19.8. The fourth-order valence-electron chi connectivity index (χ4n) is 2.93. The number of aryl methyl sites for hydroxylation is 1. The molecule has 0 saturated carbocycles. The third-order valence-corrected chi connectivity index (χ3v) is 6.69. The molecule has 32 heavy (non-hydrogen) atoms. The molecule has 1 aromatic carbocycles. The van der Waals surface area contributed by atoms with Crippen LogP contribution in [0.4, 0.5) is 0 Å². The quantitative estimate of drug-likeness (QED) is 0.271. The third kappa shape index (κ3) is 5.04. The van der Waals surface area contributed by atoms with Crippen LogP contribution in [0.15, 0.2) is 51.5 Å². The molecule has 0 radical (unpaired) electrons. The molecule has 0 aliphatic heterocycles. The normalized spacial score (nSPS) is 11.1. The van der Waals surface area contributed by atoms with Crippen LogP contribution >= 0.6 is 34.7 Å². The monoisotopic (exact) mass is 489 g/mol. The largest absolute Gasteiger partial charge is 0.461 e. The number of nitrogens with zero attached hydrogens (tertiary/aromatic N) is 4. The Kier molecular flexibility index (Phi) is 7.26. The molecule has 0 spiro atoms. The highest BCUT2D eigenvalue weighted by molar-refractivity contribution is 7.98. The number of carbonyl (C=O) groups is 1. The van der Waals surface area contributed by atoms with Crippen molar-refractivity contribution in [1.82, 2.24) is 25.1 Å². The van der Waals surface area contributed by atoms with Crippen LogP contribution in [-0.4, -0.2) is 45.9 Å². The molecule has 4 aromatic rings. The van der Waals surface area contributed by atoms with Gasteiger partial charge in [-0.05, 0) is 36.8 Å². The summed E-state index contributed by atoms with van der Waals surface area (Å²) in [5, 5.41) is 15.4. The summed E-state index contributed by atoms with van der Waals surface area (Å²) in [6, 6.07) is 9.32. The van der Waals surface area contributed by atoms with E-state index in [9.17, 15) is 4.79 Å². The van der Waals surface area contributed by atoms with Crippen molar-refractivity contribution in [3.8, 4) is 17.3 Å². The summed E-state index contributed by atoms with van der Waals surface area (Å²) in [6.45, 7) is 2.89. The average molecular weight is 490 g/mol. The number of hydrogen-bond acceptors (Lipinski definition) is 8. The predicted molar refractivity (Wildman–Crippen MR) is 125 cm³/mol. The zero-order chi connectivity index (χ0) is 22.5. The number of methoxy groups -OCH3 is 1. The van der Waals surface area contributed by atoms with Crippen LogP contribution in [0.3, 0.4) is 0 Å². The van der Waals surface area contributed by atoms with Crippen LogP contribution < -0.4 is 5.32 Å². The van der Waals surface area contributed by atoms with Crippen molar-refractivity contribution in [3.63, 3.8) is 0 Å². The first kappa shape index (κ1) is 22.5. The van der Waals surface area contributed by atoms with Crippen LogP contribution in [0.2, 0.25) is 5.02 Å². The number of nitrogens with one attached hydrogen (secondary N) is 1. The Morgan fingerprint density at radius 3 is 3.00 bits per heavy atom. The maximum atomic E-state index is 12.2. The fourth-order valence-corrected chi connectivity index (χ4v) is 4.84. The van der Waals surface area contributed by atoms with Gasteiger partial charge in [0.25, 0.3) is 5.91 Å². The number of rotatable bonds is 9. The van der Waals surface area contributed by atoms with Gasteiger partial charge in [0.15, 0.2) is 10.9 Å². The van der Waals surface area contributed by atoms with E-state index in [1.807, 2.05) is 35.8 Å². The van der Waals surface area contributed by atoms with Crippen molar-refractivity contribution < 1.29 is 13.9 Å². The molecule has 1 amide bonds. The van der Waals surface area contributed by atoms with E-state index in [1.54, 1.807) is 24.8 Å². The number of amides is 1. The first-order chi connectivity index (χ1) is 15.6. The lowest BCUT2D eigenvalue weighted by Gasteiger charge is -2.12. The zero-order valence-electron chi connectivity index (χ0n) is 17.4. The Labute approximate surface area is 198 Å². The minimum Gasteiger partial charge on any atom is -0.461 e. The summed E-state index contributed by atoms with van der Waals surface area (Å²) in [7, 11) is 1.59. The van der Waals surface area contributed by atoms with Crippen molar-refractivity contribution in [3.05, 3.63) is 63.3 Å². The first-order valence-corrected chi connectivity index (χ1v) is 11.9. The summed E-state index contributed by atoms with van der Waals surface area (Å²) >= 11 is 9.18. The number of thiazole rings is 1. The van der Waals surface area contributed by atoms with Gasteiger partial charge < -0.3 is 14.5 Å². The van der Waals surface area contributed by atoms with Gasteiger partial charge in [0.2, 0.25) is 5.82 Å². The van der Waals surface area contributed by atoms with Crippen LogP contribution in [0.1, 0.15) is 21.1 Å². The van der Waals surface area contributed by atoms with Crippen molar-refractivity contribution in [2.45, 2.75) is 17.8 Å². The van der Waals surface area contributed by atoms with E-state index < -0.39 is 0 Å². The maximum absolute atomic E-state index is 12.2.